The van der Waals surface area contributed by atoms with E-state index in [0.717, 1.165) is 27.4 Å². The molecule has 2 aromatic carbocycles. The third kappa shape index (κ3) is 3.52. The second-order valence-corrected chi connectivity index (χ2v) is 7.35. The fraction of sp³-hybridized carbons (Fsp3) is 0. The molecular weight excluding hydrogens is 402 g/mol. The highest BCUT2D eigenvalue weighted by Gasteiger charge is 2.14. The summed E-state index contributed by atoms with van der Waals surface area (Å²) in [7, 11) is 0. The van der Waals surface area contributed by atoms with Crippen LogP contribution in [-0.4, -0.2) is 26.8 Å². The fourth-order valence-electron chi connectivity index (χ4n) is 3.74. The number of para-hydroxylation sites is 1. The fourth-order valence-corrected chi connectivity index (χ4v) is 3.74. The summed E-state index contributed by atoms with van der Waals surface area (Å²) < 4.78 is 0. The molecule has 0 fully saturated rings. The zero-order valence-electron chi connectivity index (χ0n) is 16.9. The monoisotopic (exact) mass is 421 g/mol. The number of nitrogens with one attached hydrogen (secondary N) is 3. The van der Waals surface area contributed by atoms with E-state index in [0.29, 0.717) is 22.5 Å². The van der Waals surface area contributed by atoms with Crippen LogP contribution >= 0.6 is 0 Å². The lowest BCUT2D eigenvalue weighted by molar-refractivity contribution is -0.112. The molecule has 156 valence electrons. The SMILES string of the molecule is NC(=O)C(=Cc1c[nH]c2ncc(NC(=O)c3c[nH]c4ccccc34)cc12)c1ccccc1. The molecule has 3 heterocycles. The molecular formula is C25H19N5O2. The molecule has 0 aliphatic rings. The first kappa shape index (κ1) is 19.3. The summed E-state index contributed by atoms with van der Waals surface area (Å²) in [5.41, 5.74) is 10.1. The molecule has 0 radical (unpaired) electrons. The first-order chi connectivity index (χ1) is 15.6. The molecule has 0 saturated heterocycles. The molecule has 5 rings (SSSR count). The highest BCUT2D eigenvalue weighted by molar-refractivity contribution is 6.24. The van der Waals surface area contributed by atoms with Crippen molar-refractivity contribution in [2.45, 2.75) is 0 Å². The molecule has 2 amide bonds. The van der Waals surface area contributed by atoms with Crippen LogP contribution in [0.5, 0.6) is 0 Å². The number of carbonyl (C=O) groups excluding carboxylic acids is 2. The number of primary amides is 1. The Morgan fingerprint density at radius 1 is 0.938 bits per heavy atom. The average molecular weight is 421 g/mol. The van der Waals surface area contributed by atoms with Crippen molar-refractivity contribution in [2.75, 3.05) is 5.32 Å². The average Bonchev–Trinajstić information content (AvgIpc) is 3.42. The van der Waals surface area contributed by atoms with Gasteiger partial charge in [0.15, 0.2) is 0 Å². The maximum absolute atomic E-state index is 12.9. The number of nitrogens with zero attached hydrogens (tertiary/aromatic N) is 1. The van der Waals surface area contributed by atoms with Crippen LogP contribution < -0.4 is 11.1 Å². The second kappa shape index (κ2) is 7.88. The van der Waals surface area contributed by atoms with E-state index in [1.165, 1.54) is 0 Å². The van der Waals surface area contributed by atoms with Gasteiger partial charge in [0.1, 0.15) is 5.65 Å². The Balaban J connectivity index is 1.50. The number of H-pyrrole nitrogens is 2. The largest absolute Gasteiger partial charge is 0.366 e. The van der Waals surface area contributed by atoms with Crippen LogP contribution in [-0.2, 0) is 4.79 Å². The third-order valence-electron chi connectivity index (χ3n) is 5.30. The zero-order chi connectivity index (χ0) is 22.1. The van der Waals surface area contributed by atoms with Gasteiger partial charge < -0.3 is 21.0 Å². The minimum atomic E-state index is -0.526. The van der Waals surface area contributed by atoms with Crippen LogP contribution in [0, 0.1) is 0 Å². The van der Waals surface area contributed by atoms with Gasteiger partial charge in [0.05, 0.1) is 17.4 Å². The van der Waals surface area contributed by atoms with Gasteiger partial charge in [-0.15, -0.1) is 0 Å². The highest BCUT2D eigenvalue weighted by atomic mass is 16.2. The second-order valence-electron chi connectivity index (χ2n) is 7.35. The molecule has 0 spiro atoms. The third-order valence-corrected chi connectivity index (χ3v) is 5.30. The van der Waals surface area contributed by atoms with Crippen molar-refractivity contribution in [1.82, 2.24) is 15.0 Å². The molecule has 7 nitrogen and oxygen atoms in total. The molecule has 5 N–H and O–H groups in total. The van der Waals surface area contributed by atoms with Crippen LogP contribution in [0.4, 0.5) is 5.69 Å². The van der Waals surface area contributed by atoms with Crippen LogP contribution in [0.1, 0.15) is 21.5 Å². The first-order valence-electron chi connectivity index (χ1n) is 10.0. The molecule has 0 saturated carbocycles. The van der Waals surface area contributed by atoms with Gasteiger partial charge in [-0.2, -0.15) is 0 Å². The Morgan fingerprint density at radius 3 is 2.53 bits per heavy atom. The summed E-state index contributed by atoms with van der Waals surface area (Å²) in [6.07, 6.45) is 6.76. The first-order valence-corrected chi connectivity index (χ1v) is 10.0. The standard InChI is InChI=1S/C25H19N5O2/c26-23(31)19(15-6-2-1-3-7-15)10-16-12-28-24-20(16)11-17(13-29-24)30-25(32)21-14-27-22-9-5-4-8-18(21)22/h1-14,27H,(H2,26,31)(H,28,29)(H,30,32). The topological polar surface area (TPSA) is 117 Å². The van der Waals surface area contributed by atoms with Gasteiger partial charge in [0, 0.05) is 39.8 Å². The number of carbonyl (C=O) groups is 2. The Morgan fingerprint density at radius 2 is 1.72 bits per heavy atom. The minimum absolute atomic E-state index is 0.238. The lowest BCUT2D eigenvalue weighted by atomic mass is 10.0. The van der Waals surface area contributed by atoms with E-state index in [4.69, 9.17) is 5.73 Å². The van der Waals surface area contributed by atoms with Gasteiger partial charge >= 0.3 is 0 Å². The van der Waals surface area contributed by atoms with Gasteiger partial charge in [-0.3, -0.25) is 9.59 Å². The smallest absolute Gasteiger partial charge is 0.257 e. The predicted octanol–water partition coefficient (Wildman–Crippen LogP) is 4.32. The summed E-state index contributed by atoms with van der Waals surface area (Å²) in [5.74, 6) is -0.763. The molecule has 0 aliphatic heterocycles. The summed E-state index contributed by atoms with van der Waals surface area (Å²) >= 11 is 0. The summed E-state index contributed by atoms with van der Waals surface area (Å²) in [4.78, 5) is 35.5. The number of anilines is 1. The quantitative estimate of drug-likeness (QED) is 0.317. The van der Waals surface area contributed by atoms with Crippen molar-refractivity contribution in [1.29, 1.82) is 0 Å². The zero-order valence-corrected chi connectivity index (χ0v) is 16.9. The van der Waals surface area contributed by atoms with E-state index in [2.05, 4.69) is 20.3 Å². The minimum Gasteiger partial charge on any atom is -0.366 e. The van der Waals surface area contributed by atoms with E-state index < -0.39 is 5.91 Å². The number of benzene rings is 2. The number of hydrogen-bond donors (Lipinski definition) is 4. The maximum Gasteiger partial charge on any atom is 0.257 e. The summed E-state index contributed by atoms with van der Waals surface area (Å²) in [5, 5.41) is 4.51. The van der Waals surface area contributed by atoms with E-state index in [9.17, 15) is 9.59 Å². The van der Waals surface area contributed by atoms with E-state index in [1.54, 1.807) is 24.7 Å². The van der Waals surface area contributed by atoms with Crippen LogP contribution in [0.25, 0.3) is 33.6 Å². The molecule has 7 heteroatoms. The number of amides is 2. The van der Waals surface area contributed by atoms with Crippen molar-refractivity contribution in [3.63, 3.8) is 0 Å². The van der Waals surface area contributed by atoms with Gasteiger partial charge in [0.2, 0.25) is 5.91 Å². The Bertz CT molecular complexity index is 1490. The number of fused-ring (bicyclic) bond motifs is 2. The highest BCUT2D eigenvalue weighted by Crippen LogP contribution is 2.26. The van der Waals surface area contributed by atoms with E-state index >= 15 is 0 Å². The number of nitrogens with two attached hydrogens (primary N) is 1. The summed E-state index contributed by atoms with van der Waals surface area (Å²) in [6, 6.07) is 18.7. The molecule has 0 bridgehead atoms. The summed E-state index contributed by atoms with van der Waals surface area (Å²) in [6.45, 7) is 0. The lowest BCUT2D eigenvalue weighted by Crippen LogP contribution is -2.12. The Hall–Kier alpha value is -4.65. The van der Waals surface area contributed by atoms with Crippen LogP contribution in [0.3, 0.4) is 0 Å². The lowest BCUT2D eigenvalue weighted by Gasteiger charge is -2.06. The number of hydrogen-bond acceptors (Lipinski definition) is 3. The van der Waals surface area contributed by atoms with E-state index in [-0.39, 0.29) is 5.91 Å². The van der Waals surface area contributed by atoms with Crippen molar-refractivity contribution < 1.29 is 9.59 Å². The van der Waals surface area contributed by atoms with Crippen LogP contribution in [0.2, 0.25) is 0 Å². The maximum atomic E-state index is 12.9. The van der Waals surface area contributed by atoms with Gasteiger partial charge in [-0.05, 0) is 23.8 Å². The molecule has 0 aliphatic carbocycles. The normalized spacial score (nSPS) is 11.7. The number of pyridine rings is 1. The molecule has 0 unspecified atom stereocenters. The van der Waals surface area contributed by atoms with Crippen molar-refractivity contribution in [3.8, 4) is 0 Å². The molecule has 5 aromatic rings. The van der Waals surface area contributed by atoms with Crippen molar-refractivity contribution in [3.05, 3.63) is 95.9 Å². The number of rotatable bonds is 5. The van der Waals surface area contributed by atoms with Gasteiger partial charge in [-0.25, -0.2) is 4.98 Å². The molecule has 3 aromatic heterocycles. The van der Waals surface area contributed by atoms with Crippen LogP contribution in [0.15, 0.2) is 79.3 Å². The van der Waals surface area contributed by atoms with Crippen molar-refractivity contribution in [2.24, 2.45) is 5.73 Å². The van der Waals surface area contributed by atoms with Gasteiger partial charge in [-0.1, -0.05) is 48.5 Å². The number of aromatic amines is 2. The number of aromatic nitrogens is 3. The predicted molar refractivity (Wildman–Crippen MR) is 126 cm³/mol. The van der Waals surface area contributed by atoms with E-state index in [1.807, 2.05) is 60.7 Å². The Labute approximate surface area is 183 Å². The molecule has 32 heavy (non-hydrogen) atoms. The molecule has 0 atom stereocenters. The Kier molecular flexibility index (Phi) is 4.76. The van der Waals surface area contributed by atoms with Crippen molar-refractivity contribution >= 4 is 51.1 Å². The van der Waals surface area contributed by atoms with Gasteiger partial charge in [0.25, 0.3) is 5.91 Å².